The summed E-state index contributed by atoms with van der Waals surface area (Å²) in [7, 11) is 1.35. The molecule has 0 radical (unpaired) electrons. The highest BCUT2D eigenvalue weighted by atomic mass is 16.5. The van der Waals surface area contributed by atoms with Gasteiger partial charge in [0.2, 0.25) is 0 Å². The van der Waals surface area contributed by atoms with Gasteiger partial charge in [-0.1, -0.05) is 24.3 Å². The predicted molar refractivity (Wildman–Crippen MR) is 80.7 cm³/mol. The van der Waals surface area contributed by atoms with Crippen LogP contribution in [0, 0.1) is 0 Å². The summed E-state index contributed by atoms with van der Waals surface area (Å²) in [5.41, 5.74) is 8.03. The first kappa shape index (κ1) is 13.1. The van der Waals surface area contributed by atoms with Gasteiger partial charge in [0.25, 0.3) is 0 Å². The number of para-hydroxylation sites is 1. The quantitative estimate of drug-likeness (QED) is 0.730. The number of fused-ring (bicyclic) bond motifs is 1. The van der Waals surface area contributed by atoms with Gasteiger partial charge < -0.3 is 10.5 Å². The number of nitrogen functional groups attached to an aromatic ring is 1. The Balaban J connectivity index is 2.06. The molecule has 0 aliphatic heterocycles. The van der Waals surface area contributed by atoms with Crippen LogP contribution in [0.5, 0.6) is 0 Å². The van der Waals surface area contributed by atoms with E-state index in [1.54, 1.807) is 24.3 Å². The van der Waals surface area contributed by atoms with Crippen molar-refractivity contribution in [2.75, 3.05) is 12.8 Å². The number of hydrogen-bond donors (Lipinski definition) is 1. The summed E-state index contributed by atoms with van der Waals surface area (Å²) in [6.07, 6.45) is 0. The number of carbonyl (C=O) groups excluding carboxylic acids is 1. The van der Waals surface area contributed by atoms with E-state index in [1.807, 2.05) is 24.3 Å². The molecule has 1 aromatic heterocycles. The molecule has 3 aromatic rings. The fourth-order valence-electron chi connectivity index (χ4n) is 2.10. The fraction of sp³-hybridized carbons (Fsp3) is 0.0625. The number of hydrogen-bond acceptors (Lipinski definition) is 5. The molecule has 5 nitrogen and oxygen atoms in total. The van der Waals surface area contributed by atoms with Crippen LogP contribution in [0.1, 0.15) is 10.4 Å². The van der Waals surface area contributed by atoms with Gasteiger partial charge in [0.05, 0.1) is 18.2 Å². The molecular formula is C16H13N3O2. The van der Waals surface area contributed by atoms with Crippen LogP contribution in [0.2, 0.25) is 0 Å². The molecule has 0 aliphatic rings. The summed E-state index contributed by atoms with van der Waals surface area (Å²) in [6, 6.07) is 14.5. The zero-order chi connectivity index (χ0) is 14.8. The Hall–Kier alpha value is -2.95. The number of aromatic nitrogens is 2. The number of methoxy groups -OCH3 is 1. The maximum absolute atomic E-state index is 11.4. The molecule has 0 amide bonds. The number of anilines is 1. The molecule has 3 rings (SSSR count). The van der Waals surface area contributed by atoms with E-state index in [0.29, 0.717) is 17.2 Å². The molecule has 104 valence electrons. The van der Waals surface area contributed by atoms with Gasteiger partial charge in [-0.05, 0) is 24.3 Å². The molecule has 0 bridgehead atoms. The highest BCUT2D eigenvalue weighted by Crippen LogP contribution is 2.23. The van der Waals surface area contributed by atoms with Gasteiger partial charge in [0, 0.05) is 10.9 Å². The number of rotatable bonds is 2. The SMILES string of the molecule is COC(=O)c1ccc(-c2nc(N)c3ccccc3n2)cc1. The second kappa shape index (κ2) is 5.20. The van der Waals surface area contributed by atoms with Crippen molar-refractivity contribution in [2.24, 2.45) is 0 Å². The van der Waals surface area contributed by atoms with Crippen molar-refractivity contribution in [1.29, 1.82) is 0 Å². The normalized spacial score (nSPS) is 10.5. The molecule has 0 fully saturated rings. The van der Waals surface area contributed by atoms with Crippen LogP contribution in [0.15, 0.2) is 48.5 Å². The molecule has 2 aromatic carbocycles. The van der Waals surface area contributed by atoms with Crippen LogP contribution in [-0.4, -0.2) is 23.0 Å². The summed E-state index contributed by atoms with van der Waals surface area (Å²) >= 11 is 0. The molecule has 2 N–H and O–H groups in total. The highest BCUT2D eigenvalue weighted by molar-refractivity contribution is 5.91. The number of benzene rings is 2. The molecule has 0 saturated heterocycles. The molecule has 0 saturated carbocycles. The van der Waals surface area contributed by atoms with E-state index in [9.17, 15) is 4.79 Å². The van der Waals surface area contributed by atoms with Gasteiger partial charge in [-0.3, -0.25) is 0 Å². The predicted octanol–water partition coefficient (Wildman–Crippen LogP) is 2.67. The fourth-order valence-corrected chi connectivity index (χ4v) is 2.10. The molecule has 0 spiro atoms. The number of nitrogens with two attached hydrogens (primary N) is 1. The monoisotopic (exact) mass is 279 g/mol. The van der Waals surface area contributed by atoms with Gasteiger partial charge >= 0.3 is 5.97 Å². The zero-order valence-corrected chi connectivity index (χ0v) is 11.4. The lowest BCUT2D eigenvalue weighted by Gasteiger charge is -2.06. The van der Waals surface area contributed by atoms with Crippen molar-refractivity contribution in [1.82, 2.24) is 9.97 Å². The summed E-state index contributed by atoms with van der Waals surface area (Å²) < 4.78 is 4.67. The van der Waals surface area contributed by atoms with Crippen LogP contribution in [0.4, 0.5) is 5.82 Å². The summed E-state index contributed by atoms with van der Waals surface area (Å²) in [5.74, 6) is 0.593. The third-order valence-electron chi connectivity index (χ3n) is 3.20. The number of esters is 1. The lowest BCUT2D eigenvalue weighted by atomic mass is 10.1. The first-order valence-corrected chi connectivity index (χ1v) is 6.40. The van der Waals surface area contributed by atoms with E-state index in [2.05, 4.69) is 14.7 Å². The van der Waals surface area contributed by atoms with Crippen LogP contribution < -0.4 is 5.73 Å². The summed E-state index contributed by atoms with van der Waals surface area (Å²) in [5, 5.41) is 0.826. The van der Waals surface area contributed by atoms with Gasteiger partial charge in [0.15, 0.2) is 5.82 Å². The van der Waals surface area contributed by atoms with Crippen LogP contribution in [0.3, 0.4) is 0 Å². The van der Waals surface area contributed by atoms with Crippen molar-refractivity contribution in [3.8, 4) is 11.4 Å². The van der Waals surface area contributed by atoms with Crippen molar-refractivity contribution in [2.45, 2.75) is 0 Å². The van der Waals surface area contributed by atoms with Crippen LogP contribution in [0.25, 0.3) is 22.3 Å². The Labute approximate surface area is 121 Å². The minimum atomic E-state index is -0.375. The van der Waals surface area contributed by atoms with Crippen LogP contribution >= 0.6 is 0 Å². The summed E-state index contributed by atoms with van der Waals surface area (Å²) in [6.45, 7) is 0. The lowest BCUT2D eigenvalue weighted by Crippen LogP contribution is -2.01. The molecule has 1 heterocycles. The Kier molecular flexibility index (Phi) is 3.23. The molecule has 0 atom stereocenters. The summed E-state index contributed by atoms with van der Waals surface area (Å²) in [4.78, 5) is 20.2. The minimum absolute atomic E-state index is 0.375. The average Bonchev–Trinajstić information content (AvgIpc) is 2.54. The van der Waals surface area contributed by atoms with Crippen molar-refractivity contribution in [3.05, 3.63) is 54.1 Å². The van der Waals surface area contributed by atoms with Crippen molar-refractivity contribution < 1.29 is 9.53 Å². The second-order valence-corrected chi connectivity index (χ2v) is 4.52. The maximum Gasteiger partial charge on any atom is 0.337 e. The molecule has 21 heavy (non-hydrogen) atoms. The first-order valence-electron chi connectivity index (χ1n) is 6.40. The zero-order valence-electron chi connectivity index (χ0n) is 11.4. The topological polar surface area (TPSA) is 78.1 Å². The van der Waals surface area contributed by atoms with E-state index in [1.165, 1.54) is 7.11 Å². The van der Waals surface area contributed by atoms with Gasteiger partial charge in [-0.2, -0.15) is 0 Å². The van der Waals surface area contributed by atoms with Crippen molar-refractivity contribution in [3.63, 3.8) is 0 Å². The number of nitrogens with zero attached hydrogens (tertiary/aromatic N) is 2. The van der Waals surface area contributed by atoms with Crippen LogP contribution in [-0.2, 0) is 4.74 Å². The van der Waals surface area contributed by atoms with Gasteiger partial charge in [0.1, 0.15) is 5.82 Å². The molecule has 0 unspecified atom stereocenters. The maximum atomic E-state index is 11.4. The Morgan fingerprint density at radius 2 is 1.76 bits per heavy atom. The largest absolute Gasteiger partial charge is 0.465 e. The molecule has 5 heteroatoms. The van der Waals surface area contributed by atoms with Gasteiger partial charge in [-0.25, -0.2) is 14.8 Å². The smallest absolute Gasteiger partial charge is 0.337 e. The Morgan fingerprint density at radius 1 is 1.05 bits per heavy atom. The van der Waals surface area contributed by atoms with E-state index in [0.717, 1.165) is 16.5 Å². The average molecular weight is 279 g/mol. The standard InChI is InChI=1S/C16H13N3O2/c1-21-16(20)11-8-6-10(7-9-11)15-18-13-5-3-2-4-12(13)14(17)19-15/h2-9H,1H3,(H2,17,18,19). The Bertz CT molecular complexity index is 813. The van der Waals surface area contributed by atoms with E-state index < -0.39 is 0 Å². The van der Waals surface area contributed by atoms with E-state index in [4.69, 9.17) is 5.73 Å². The van der Waals surface area contributed by atoms with E-state index >= 15 is 0 Å². The van der Waals surface area contributed by atoms with Crippen molar-refractivity contribution >= 4 is 22.7 Å². The van der Waals surface area contributed by atoms with E-state index in [-0.39, 0.29) is 5.97 Å². The molecule has 0 aliphatic carbocycles. The van der Waals surface area contributed by atoms with Gasteiger partial charge in [-0.15, -0.1) is 0 Å². The third-order valence-corrected chi connectivity index (χ3v) is 3.20. The second-order valence-electron chi connectivity index (χ2n) is 4.52. The first-order chi connectivity index (χ1) is 10.2. The number of carbonyl (C=O) groups is 1. The Morgan fingerprint density at radius 3 is 2.48 bits per heavy atom. The minimum Gasteiger partial charge on any atom is -0.465 e. The lowest BCUT2D eigenvalue weighted by molar-refractivity contribution is 0.0601. The highest BCUT2D eigenvalue weighted by Gasteiger charge is 2.09. The molecular weight excluding hydrogens is 266 g/mol. The number of ether oxygens (including phenoxy) is 1. The third kappa shape index (κ3) is 2.41.